The summed E-state index contributed by atoms with van der Waals surface area (Å²) in [5.41, 5.74) is 1.32. The summed E-state index contributed by atoms with van der Waals surface area (Å²) in [5.74, 6) is 0.440. The molecule has 0 atom stereocenters. The van der Waals surface area contributed by atoms with Crippen molar-refractivity contribution >= 4 is 11.0 Å². The second kappa shape index (κ2) is 25.5. The van der Waals surface area contributed by atoms with Crippen molar-refractivity contribution in [3.05, 3.63) is 45.1 Å². The molecule has 0 aromatic heterocycles. The van der Waals surface area contributed by atoms with E-state index in [2.05, 4.69) is 23.4 Å². The smallest absolute Gasteiger partial charge is 0.322 e. The molecular formula is C42H70N4O2. The molecule has 0 saturated carbocycles. The van der Waals surface area contributed by atoms with Gasteiger partial charge in [-0.2, -0.15) is 4.98 Å². The van der Waals surface area contributed by atoms with Crippen molar-refractivity contribution in [1.82, 2.24) is 19.1 Å². The maximum atomic E-state index is 13.6. The fraction of sp³-hybridized carbons (Fsp3) is 0.762. The standard InChI is InChI=1S/C42H70N4O2/c1-3-5-7-9-11-13-15-17-19-21-23-25-27-31-35-45-38-34-30-29-33-37(38)43-39-40(45)44-42(48)46(41(39)47)36-32-28-26-24-22-20-18-16-14-12-10-8-6-4-2/h29-30,33-34H,3-28,31-32,35-36H2,1-2H3. The highest BCUT2D eigenvalue weighted by molar-refractivity contribution is 5.79. The minimum Gasteiger partial charge on any atom is -0.322 e. The minimum absolute atomic E-state index is 0.292. The molecule has 6 nitrogen and oxygen atoms in total. The van der Waals surface area contributed by atoms with Gasteiger partial charge in [0.05, 0.1) is 11.0 Å². The van der Waals surface area contributed by atoms with Gasteiger partial charge in [-0.3, -0.25) is 9.36 Å². The second-order valence-electron chi connectivity index (χ2n) is 14.5. The Bertz CT molecular complexity index is 1330. The number of aryl methyl sites for hydroxylation is 1. The Morgan fingerprint density at radius 1 is 0.458 bits per heavy atom. The Hall–Kier alpha value is -2.50. The zero-order chi connectivity index (χ0) is 34.1. The van der Waals surface area contributed by atoms with Crippen LogP contribution in [0.2, 0.25) is 0 Å². The number of benzene rings is 1. The summed E-state index contributed by atoms with van der Waals surface area (Å²) in [6.45, 7) is 5.72. The van der Waals surface area contributed by atoms with E-state index in [4.69, 9.17) is 4.98 Å². The Balaban J connectivity index is 1.39. The van der Waals surface area contributed by atoms with Crippen LogP contribution in [-0.2, 0) is 13.1 Å². The van der Waals surface area contributed by atoms with Crippen LogP contribution < -0.4 is 11.2 Å². The number of aromatic nitrogens is 4. The number of hydrogen-bond acceptors (Lipinski definition) is 4. The highest BCUT2D eigenvalue weighted by atomic mass is 16.2. The molecule has 0 radical (unpaired) electrons. The van der Waals surface area contributed by atoms with Gasteiger partial charge in [-0.25, -0.2) is 9.78 Å². The van der Waals surface area contributed by atoms with Crippen LogP contribution in [0, 0.1) is 0 Å². The van der Waals surface area contributed by atoms with E-state index in [-0.39, 0.29) is 5.56 Å². The van der Waals surface area contributed by atoms with Crippen molar-refractivity contribution < 1.29 is 0 Å². The summed E-state index contributed by atoms with van der Waals surface area (Å²) in [6.07, 6.45) is 36.3. The molecule has 2 aliphatic heterocycles. The largest absolute Gasteiger partial charge is 0.352 e. The van der Waals surface area contributed by atoms with Gasteiger partial charge in [-0.1, -0.05) is 193 Å². The fourth-order valence-electron chi connectivity index (χ4n) is 7.17. The highest BCUT2D eigenvalue weighted by Gasteiger charge is 2.21. The highest BCUT2D eigenvalue weighted by Crippen LogP contribution is 2.22. The van der Waals surface area contributed by atoms with Gasteiger partial charge >= 0.3 is 5.69 Å². The maximum absolute atomic E-state index is 13.6. The van der Waals surface area contributed by atoms with Crippen LogP contribution in [-0.4, -0.2) is 19.1 Å². The number of unbranched alkanes of at least 4 members (excludes halogenated alkanes) is 26. The predicted molar refractivity (Wildman–Crippen MR) is 205 cm³/mol. The minimum atomic E-state index is -0.436. The molecule has 0 saturated heterocycles. The SMILES string of the molecule is CCCCCCCCCCCCCCCCn1c(=O)nc2n(CCCCCCCCCCCCCCCC)c3ccccc3nc-2c1=O. The van der Waals surface area contributed by atoms with Crippen molar-refractivity contribution in [3.8, 4) is 11.5 Å². The second-order valence-corrected chi connectivity index (χ2v) is 14.5. The van der Waals surface area contributed by atoms with Crippen LogP contribution >= 0.6 is 0 Å². The summed E-state index contributed by atoms with van der Waals surface area (Å²) in [4.78, 5) is 35.9. The van der Waals surface area contributed by atoms with Gasteiger partial charge in [0.25, 0.3) is 5.56 Å². The molecule has 48 heavy (non-hydrogen) atoms. The molecule has 1 aromatic rings. The molecule has 2 heterocycles. The molecule has 0 unspecified atom stereocenters. The molecule has 0 bridgehead atoms. The third kappa shape index (κ3) is 14.9. The third-order valence-electron chi connectivity index (χ3n) is 10.2. The van der Waals surface area contributed by atoms with Crippen LogP contribution in [0.3, 0.4) is 0 Å². The van der Waals surface area contributed by atoms with Gasteiger partial charge < -0.3 is 4.57 Å². The first-order valence-electron chi connectivity index (χ1n) is 20.6. The zero-order valence-electron chi connectivity index (χ0n) is 31.1. The van der Waals surface area contributed by atoms with E-state index in [0.717, 1.165) is 49.7 Å². The molecule has 0 spiro atoms. The van der Waals surface area contributed by atoms with E-state index in [9.17, 15) is 9.59 Å². The Labute approximate surface area is 292 Å². The number of rotatable bonds is 30. The van der Waals surface area contributed by atoms with E-state index in [1.165, 1.54) is 152 Å². The molecule has 0 fully saturated rings. The molecule has 270 valence electrons. The van der Waals surface area contributed by atoms with Crippen LogP contribution in [0.4, 0.5) is 0 Å². The van der Waals surface area contributed by atoms with Crippen molar-refractivity contribution in [2.45, 2.75) is 207 Å². The average molecular weight is 663 g/mol. The van der Waals surface area contributed by atoms with Gasteiger partial charge in [-0.15, -0.1) is 0 Å². The number of fused-ring (bicyclic) bond motifs is 2. The topological polar surface area (TPSA) is 69.8 Å². The molecule has 1 aromatic carbocycles. The first-order chi connectivity index (χ1) is 23.7. The van der Waals surface area contributed by atoms with Gasteiger partial charge in [0.1, 0.15) is 0 Å². The molecule has 6 heteroatoms. The van der Waals surface area contributed by atoms with E-state index in [1.54, 1.807) is 0 Å². The normalized spacial score (nSPS) is 11.7. The summed E-state index contributed by atoms with van der Waals surface area (Å²) in [7, 11) is 0. The lowest BCUT2D eigenvalue weighted by atomic mass is 10.0. The van der Waals surface area contributed by atoms with Gasteiger partial charge in [-0.05, 0) is 25.0 Å². The lowest BCUT2D eigenvalue weighted by molar-refractivity contribution is 0.512. The first-order valence-corrected chi connectivity index (χ1v) is 20.6. The Morgan fingerprint density at radius 2 is 0.833 bits per heavy atom. The number of hydrogen-bond donors (Lipinski definition) is 0. The van der Waals surface area contributed by atoms with Crippen molar-refractivity contribution in [2.75, 3.05) is 0 Å². The lowest BCUT2D eigenvalue weighted by Gasteiger charge is -2.18. The van der Waals surface area contributed by atoms with Gasteiger partial charge in [0, 0.05) is 13.1 Å². The zero-order valence-corrected chi connectivity index (χ0v) is 31.1. The van der Waals surface area contributed by atoms with Crippen LogP contribution in [0.25, 0.3) is 22.6 Å². The summed E-state index contributed by atoms with van der Waals surface area (Å²) >= 11 is 0. The number of para-hydroxylation sites is 2. The fourth-order valence-corrected chi connectivity index (χ4v) is 7.17. The van der Waals surface area contributed by atoms with E-state index >= 15 is 0 Å². The van der Waals surface area contributed by atoms with E-state index in [0.29, 0.717) is 18.1 Å². The van der Waals surface area contributed by atoms with E-state index in [1.807, 2.05) is 24.3 Å². The van der Waals surface area contributed by atoms with Gasteiger partial charge in [0.15, 0.2) is 11.5 Å². The van der Waals surface area contributed by atoms with Crippen molar-refractivity contribution in [3.63, 3.8) is 0 Å². The molecule has 0 aliphatic carbocycles. The predicted octanol–water partition coefficient (Wildman–Crippen LogP) is 12.0. The summed E-state index contributed by atoms with van der Waals surface area (Å²) in [6, 6.07) is 7.93. The van der Waals surface area contributed by atoms with Crippen LogP contribution in [0.15, 0.2) is 33.9 Å². The van der Waals surface area contributed by atoms with Crippen LogP contribution in [0.1, 0.15) is 194 Å². The molecule has 0 amide bonds. The molecule has 2 aliphatic rings. The molecular weight excluding hydrogens is 592 g/mol. The monoisotopic (exact) mass is 663 g/mol. The number of nitrogens with zero attached hydrogens (tertiary/aromatic N) is 4. The summed E-state index contributed by atoms with van der Waals surface area (Å²) in [5, 5.41) is 0. The summed E-state index contributed by atoms with van der Waals surface area (Å²) < 4.78 is 3.39. The quantitative estimate of drug-likeness (QED) is 0.0526. The Morgan fingerprint density at radius 3 is 1.27 bits per heavy atom. The van der Waals surface area contributed by atoms with Crippen molar-refractivity contribution in [2.24, 2.45) is 0 Å². The lowest BCUT2D eigenvalue weighted by Crippen LogP contribution is -2.38. The van der Waals surface area contributed by atoms with Crippen molar-refractivity contribution in [1.29, 1.82) is 0 Å². The third-order valence-corrected chi connectivity index (χ3v) is 10.2. The average Bonchev–Trinajstić information content (AvgIpc) is 3.09. The van der Waals surface area contributed by atoms with E-state index < -0.39 is 5.69 Å². The maximum Gasteiger partial charge on any atom is 0.352 e. The Kier molecular flexibility index (Phi) is 21.2. The van der Waals surface area contributed by atoms with Crippen LogP contribution in [0.5, 0.6) is 0 Å². The van der Waals surface area contributed by atoms with Gasteiger partial charge in [0.2, 0.25) is 0 Å². The molecule has 0 N–H and O–H groups in total. The molecule has 3 rings (SSSR count). The first kappa shape index (κ1) is 39.9.